The highest BCUT2D eigenvalue weighted by atomic mass is 32.2. The molecule has 2 rings (SSSR count). The maximum Gasteiger partial charge on any atom is 0.399 e. The SMILES string of the molecule is CCOC(=O)c1coc(Oc2ccccc2SC)n1. The van der Waals surface area contributed by atoms with Crippen LogP contribution in [-0.2, 0) is 4.74 Å². The van der Waals surface area contributed by atoms with Crippen LogP contribution >= 0.6 is 11.8 Å². The van der Waals surface area contributed by atoms with E-state index in [1.54, 1.807) is 24.8 Å². The molecule has 0 saturated carbocycles. The molecule has 1 aromatic carbocycles. The van der Waals surface area contributed by atoms with Gasteiger partial charge in [0.1, 0.15) is 12.0 Å². The molecule has 2 aromatic rings. The predicted molar refractivity (Wildman–Crippen MR) is 70.8 cm³/mol. The summed E-state index contributed by atoms with van der Waals surface area (Å²) in [6.07, 6.45) is 3.18. The molecule has 1 heterocycles. The van der Waals surface area contributed by atoms with Crippen LogP contribution in [0.5, 0.6) is 11.8 Å². The van der Waals surface area contributed by atoms with E-state index in [0.717, 1.165) is 4.90 Å². The topological polar surface area (TPSA) is 61.6 Å². The van der Waals surface area contributed by atoms with Crippen molar-refractivity contribution >= 4 is 17.7 Å². The van der Waals surface area contributed by atoms with Gasteiger partial charge in [-0.1, -0.05) is 12.1 Å². The van der Waals surface area contributed by atoms with Crippen molar-refractivity contribution in [1.82, 2.24) is 4.98 Å². The number of ether oxygens (including phenoxy) is 2. The molecule has 0 bridgehead atoms. The van der Waals surface area contributed by atoms with Crippen LogP contribution in [0.4, 0.5) is 0 Å². The molecule has 6 heteroatoms. The van der Waals surface area contributed by atoms with Crippen LogP contribution in [0.2, 0.25) is 0 Å². The van der Waals surface area contributed by atoms with E-state index in [1.165, 1.54) is 6.26 Å². The van der Waals surface area contributed by atoms with E-state index in [1.807, 2.05) is 24.5 Å². The molecule has 0 aliphatic carbocycles. The number of carbonyl (C=O) groups is 1. The van der Waals surface area contributed by atoms with Gasteiger partial charge >= 0.3 is 12.0 Å². The Kier molecular flexibility index (Phi) is 4.46. The average Bonchev–Trinajstić information content (AvgIpc) is 2.88. The van der Waals surface area contributed by atoms with Crippen molar-refractivity contribution in [3.63, 3.8) is 0 Å². The van der Waals surface area contributed by atoms with E-state index in [0.29, 0.717) is 5.75 Å². The molecule has 100 valence electrons. The van der Waals surface area contributed by atoms with Crippen LogP contribution in [0.15, 0.2) is 39.8 Å². The fourth-order valence-corrected chi connectivity index (χ4v) is 1.93. The Bertz CT molecular complexity index is 567. The zero-order chi connectivity index (χ0) is 13.7. The first-order chi connectivity index (χ1) is 9.24. The number of rotatable bonds is 5. The summed E-state index contributed by atoms with van der Waals surface area (Å²) in [6.45, 7) is 2.02. The second-order valence-corrected chi connectivity index (χ2v) is 4.32. The van der Waals surface area contributed by atoms with Gasteiger partial charge in [0, 0.05) is 4.90 Å². The summed E-state index contributed by atoms with van der Waals surface area (Å²) in [5, 5.41) is 0. The van der Waals surface area contributed by atoms with Gasteiger partial charge in [0.25, 0.3) is 0 Å². The number of nitrogens with zero attached hydrogens (tertiary/aromatic N) is 1. The fraction of sp³-hybridized carbons (Fsp3) is 0.231. The lowest BCUT2D eigenvalue weighted by Crippen LogP contribution is -2.04. The molecule has 0 N–H and O–H groups in total. The quantitative estimate of drug-likeness (QED) is 0.617. The highest BCUT2D eigenvalue weighted by Crippen LogP contribution is 2.30. The number of oxazole rings is 1. The van der Waals surface area contributed by atoms with Crippen molar-refractivity contribution < 1.29 is 18.7 Å². The Labute approximate surface area is 114 Å². The first-order valence-corrected chi connectivity index (χ1v) is 6.90. The second-order valence-electron chi connectivity index (χ2n) is 3.47. The Hall–Kier alpha value is -1.95. The standard InChI is InChI=1S/C13H13NO4S/c1-3-16-12(15)9-8-17-13(14-9)18-10-6-4-5-7-11(10)19-2/h4-8H,3H2,1-2H3. The molecule has 19 heavy (non-hydrogen) atoms. The van der Waals surface area contributed by atoms with Crippen LogP contribution in [0.25, 0.3) is 0 Å². The van der Waals surface area contributed by atoms with Crippen molar-refractivity contribution in [1.29, 1.82) is 0 Å². The van der Waals surface area contributed by atoms with Gasteiger partial charge in [0.05, 0.1) is 6.61 Å². The van der Waals surface area contributed by atoms with Crippen molar-refractivity contribution in [2.45, 2.75) is 11.8 Å². The first kappa shape index (κ1) is 13.5. The van der Waals surface area contributed by atoms with Crippen molar-refractivity contribution in [3.05, 3.63) is 36.2 Å². The molecule has 0 amide bonds. The Morgan fingerprint density at radius 3 is 2.95 bits per heavy atom. The number of aromatic nitrogens is 1. The maximum absolute atomic E-state index is 11.4. The number of hydrogen-bond acceptors (Lipinski definition) is 6. The third-order valence-corrected chi connectivity index (χ3v) is 3.01. The van der Waals surface area contributed by atoms with Gasteiger partial charge in [-0.05, 0) is 25.3 Å². The number of para-hydroxylation sites is 1. The van der Waals surface area contributed by atoms with Crippen LogP contribution in [0, 0.1) is 0 Å². The molecule has 0 saturated heterocycles. The molecule has 0 aliphatic heterocycles. The minimum absolute atomic E-state index is 0.0181. The second kappa shape index (κ2) is 6.29. The number of benzene rings is 1. The maximum atomic E-state index is 11.4. The molecule has 0 fully saturated rings. The van der Waals surface area contributed by atoms with Crippen LogP contribution in [-0.4, -0.2) is 23.8 Å². The Morgan fingerprint density at radius 2 is 2.21 bits per heavy atom. The number of hydrogen-bond donors (Lipinski definition) is 0. The molecule has 0 spiro atoms. The lowest BCUT2D eigenvalue weighted by Gasteiger charge is -2.04. The summed E-state index contributed by atoms with van der Waals surface area (Å²) in [7, 11) is 0. The summed E-state index contributed by atoms with van der Waals surface area (Å²) in [6, 6.07) is 7.50. The molecule has 1 aromatic heterocycles. The van der Waals surface area contributed by atoms with Crippen LogP contribution in [0.1, 0.15) is 17.4 Å². The van der Waals surface area contributed by atoms with Gasteiger partial charge in [0.15, 0.2) is 5.69 Å². The van der Waals surface area contributed by atoms with E-state index in [9.17, 15) is 4.79 Å². The minimum atomic E-state index is -0.528. The number of carbonyl (C=O) groups excluding carboxylic acids is 1. The zero-order valence-corrected chi connectivity index (χ0v) is 11.4. The average molecular weight is 279 g/mol. The third kappa shape index (κ3) is 3.29. The highest BCUT2D eigenvalue weighted by Gasteiger charge is 2.15. The summed E-state index contributed by atoms with van der Waals surface area (Å²) in [5.74, 6) is 0.103. The van der Waals surface area contributed by atoms with Gasteiger partial charge in [-0.15, -0.1) is 11.8 Å². The molecule has 0 unspecified atom stereocenters. The van der Waals surface area contributed by atoms with Crippen molar-refractivity contribution in [3.8, 4) is 11.8 Å². The summed E-state index contributed by atoms with van der Waals surface area (Å²) in [4.78, 5) is 16.3. The predicted octanol–water partition coefficient (Wildman–Crippen LogP) is 3.37. The van der Waals surface area contributed by atoms with Gasteiger partial charge in [-0.25, -0.2) is 4.79 Å². The van der Waals surface area contributed by atoms with E-state index in [4.69, 9.17) is 13.9 Å². The zero-order valence-electron chi connectivity index (χ0n) is 10.6. The molecular formula is C13H13NO4S. The smallest absolute Gasteiger partial charge is 0.399 e. The fourth-order valence-electron chi connectivity index (χ4n) is 1.40. The van der Waals surface area contributed by atoms with Gasteiger partial charge < -0.3 is 13.9 Å². The summed E-state index contributed by atoms with van der Waals surface area (Å²) < 4.78 is 15.4. The normalized spacial score (nSPS) is 10.2. The highest BCUT2D eigenvalue weighted by molar-refractivity contribution is 7.98. The third-order valence-electron chi connectivity index (χ3n) is 2.23. The summed E-state index contributed by atoms with van der Waals surface area (Å²) in [5.41, 5.74) is 0.0958. The van der Waals surface area contributed by atoms with Crippen molar-refractivity contribution in [2.75, 3.05) is 12.9 Å². The Balaban J connectivity index is 2.13. The number of thioether (sulfide) groups is 1. The van der Waals surface area contributed by atoms with Crippen molar-refractivity contribution in [2.24, 2.45) is 0 Å². The van der Waals surface area contributed by atoms with Crippen LogP contribution < -0.4 is 4.74 Å². The van der Waals surface area contributed by atoms with E-state index in [2.05, 4.69) is 4.98 Å². The molecule has 0 radical (unpaired) electrons. The van der Waals surface area contributed by atoms with Gasteiger partial charge in [-0.3, -0.25) is 0 Å². The molecule has 5 nitrogen and oxygen atoms in total. The monoisotopic (exact) mass is 279 g/mol. The molecule has 0 atom stereocenters. The molecular weight excluding hydrogens is 266 g/mol. The van der Waals surface area contributed by atoms with E-state index < -0.39 is 5.97 Å². The first-order valence-electron chi connectivity index (χ1n) is 5.68. The van der Waals surface area contributed by atoms with E-state index >= 15 is 0 Å². The lowest BCUT2D eigenvalue weighted by atomic mass is 10.3. The largest absolute Gasteiger partial charge is 0.461 e. The lowest BCUT2D eigenvalue weighted by molar-refractivity contribution is 0.0519. The van der Waals surface area contributed by atoms with Gasteiger partial charge in [-0.2, -0.15) is 4.98 Å². The van der Waals surface area contributed by atoms with Gasteiger partial charge in [0.2, 0.25) is 0 Å². The van der Waals surface area contributed by atoms with Crippen LogP contribution in [0.3, 0.4) is 0 Å². The molecule has 0 aliphatic rings. The van der Waals surface area contributed by atoms with E-state index in [-0.39, 0.29) is 18.4 Å². The number of esters is 1. The summed E-state index contributed by atoms with van der Waals surface area (Å²) >= 11 is 1.55. The Morgan fingerprint density at radius 1 is 1.42 bits per heavy atom. The minimum Gasteiger partial charge on any atom is -0.461 e.